The zero-order chi connectivity index (χ0) is 13.3. The Labute approximate surface area is 113 Å². The Morgan fingerprint density at radius 3 is 3.16 bits per heavy atom. The second-order valence-corrected chi connectivity index (χ2v) is 5.80. The Morgan fingerprint density at radius 1 is 1.53 bits per heavy atom. The van der Waals surface area contributed by atoms with Crippen LogP contribution in [-0.2, 0) is 11.3 Å². The molecule has 0 saturated carbocycles. The number of likely N-dealkylation sites (tertiary alicyclic amines) is 1. The molecule has 0 radical (unpaired) electrons. The molecule has 2 fully saturated rings. The minimum atomic E-state index is -0.302. The average molecular weight is 263 g/mol. The van der Waals surface area contributed by atoms with Crippen LogP contribution in [0, 0.1) is 5.41 Å². The first kappa shape index (κ1) is 12.7. The maximum atomic E-state index is 11.4. The van der Waals surface area contributed by atoms with Crippen molar-refractivity contribution in [1.29, 1.82) is 0 Å². The van der Waals surface area contributed by atoms with E-state index in [1.54, 1.807) is 0 Å². The molecule has 0 amide bonds. The summed E-state index contributed by atoms with van der Waals surface area (Å²) in [5, 5.41) is 3.47. The lowest BCUT2D eigenvalue weighted by molar-refractivity contribution is 0.0595. The summed E-state index contributed by atoms with van der Waals surface area (Å²) >= 11 is 0. The van der Waals surface area contributed by atoms with Gasteiger partial charge < -0.3 is 15.0 Å². The molecule has 19 heavy (non-hydrogen) atoms. The summed E-state index contributed by atoms with van der Waals surface area (Å²) in [7, 11) is 1.40. The summed E-state index contributed by atoms with van der Waals surface area (Å²) in [6, 6.07) is 1.89. The number of esters is 1. The molecule has 0 aliphatic carbocycles. The second kappa shape index (κ2) is 4.98. The number of aromatic nitrogens is 1. The van der Waals surface area contributed by atoms with Crippen molar-refractivity contribution in [3.8, 4) is 0 Å². The zero-order valence-electron chi connectivity index (χ0n) is 11.4. The molecule has 2 aliphatic rings. The molecule has 0 aromatic carbocycles. The van der Waals surface area contributed by atoms with Gasteiger partial charge in [-0.1, -0.05) is 0 Å². The number of carbonyl (C=O) groups is 1. The van der Waals surface area contributed by atoms with Gasteiger partial charge in [-0.05, 0) is 43.0 Å². The summed E-state index contributed by atoms with van der Waals surface area (Å²) in [4.78, 5) is 16.9. The van der Waals surface area contributed by atoms with E-state index in [1.165, 1.54) is 26.5 Å². The third-order valence-electron chi connectivity index (χ3n) is 4.40. The van der Waals surface area contributed by atoms with Gasteiger partial charge in [0.1, 0.15) is 5.69 Å². The number of rotatable bonds is 3. The van der Waals surface area contributed by atoms with E-state index in [2.05, 4.69) is 15.2 Å². The maximum Gasteiger partial charge on any atom is 0.354 e. The first-order chi connectivity index (χ1) is 9.21. The van der Waals surface area contributed by atoms with Gasteiger partial charge in [-0.15, -0.1) is 0 Å². The minimum Gasteiger partial charge on any atom is -0.464 e. The van der Waals surface area contributed by atoms with Gasteiger partial charge in [-0.2, -0.15) is 0 Å². The highest BCUT2D eigenvalue weighted by Gasteiger charge is 2.40. The van der Waals surface area contributed by atoms with Crippen LogP contribution in [0.4, 0.5) is 0 Å². The second-order valence-electron chi connectivity index (χ2n) is 5.80. The number of ether oxygens (including phenoxy) is 1. The Balaban J connectivity index is 1.60. The number of hydrogen-bond acceptors (Lipinski definition) is 4. The minimum absolute atomic E-state index is 0.302. The van der Waals surface area contributed by atoms with Crippen LogP contribution >= 0.6 is 0 Å². The van der Waals surface area contributed by atoms with Crippen molar-refractivity contribution in [2.75, 3.05) is 33.3 Å². The molecular formula is C14H21N3O2. The SMILES string of the molecule is COC(=O)c1cc(CN2CCC3(CCNC3)C2)c[nH]1. The predicted octanol–water partition coefficient (Wildman–Crippen LogP) is 0.987. The van der Waals surface area contributed by atoms with Gasteiger partial charge in [0.05, 0.1) is 7.11 Å². The number of methoxy groups -OCH3 is 1. The fraction of sp³-hybridized carbons (Fsp3) is 0.643. The summed E-state index contributed by atoms with van der Waals surface area (Å²) in [6.07, 6.45) is 4.49. The molecule has 5 nitrogen and oxygen atoms in total. The Morgan fingerprint density at radius 2 is 2.42 bits per heavy atom. The molecule has 2 saturated heterocycles. The van der Waals surface area contributed by atoms with Crippen molar-refractivity contribution in [2.24, 2.45) is 5.41 Å². The zero-order valence-corrected chi connectivity index (χ0v) is 11.4. The molecule has 3 heterocycles. The summed E-state index contributed by atoms with van der Waals surface area (Å²) < 4.78 is 4.70. The number of aromatic amines is 1. The standard InChI is InChI=1S/C14H21N3O2/c1-19-13(18)12-6-11(7-16-12)8-17-5-3-14(10-17)2-4-15-9-14/h6-7,15-16H,2-5,8-10H2,1H3. The molecule has 1 spiro atoms. The number of H-pyrrole nitrogens is 1. The Hall–Kier alpha value is -1.33. The fourth-order valence-electron chi connectivity index (χ4n) is 3.32. The molecule has 1 unspecified atom stereocenters. The first-order valence-electron chi connectivity index (χ1n) is 6.89. The molecule has 1 aromatic heterocycles. The largest absolute Gasteiger partial charge is 0.464 e. The van der Waals surface area contributed by atoms with Crippen molar-refractivity contribution in [2.45, 2.75) is 19.4 Å². The van der Waals surface area contributed by atoms with Crippen molar-refractivity contribution < 1.29 is 9.53 Å². The van der Waals surface area contributed by atoms with Gasteiger partial charge in [0.15, 0.2) is 0 Å². The molecule has 104 valence electrons. The van der Waals surface area contributed by atoms with Gasteiger partial charge in [-0.3, -0.25) is 4.90 Å². The van der Waals surface area contributed by atoms with Crippen LogP contribution in [-0.4, -0.2) is 49.1 Å². The van der Waals surface area contributed by atoms with E-state index in [4.69, 9.17) is 4.74 Å². The lowest BCUT2D eigenvalue weighted by Gasteiger charge is -2.22. The van der Waals surface area contributed by atoms with Gasteiger partial charge in [0.25, 0.3) is 0 Å². The van der Waals surface area contributed by atoms with E-state index >= 15 is 0 Å². The van der Waals surface area contributed by atoms with Crippen LogP contribution in [0.2, 0.25) is 0 Å². The molecule has 1 atom stereocenters. The smallest absolute Gasteiger partial charge is 0.354 e. The predicted molar refractivity (Wildman–Crippen MR) is 71.9 cm³/mol. The third kappa shape index (κ3) is 2.53. The normalized spacial score (nSPS) is 27.2. The van der Waals surface area contributed by atoms with E-state index in [1.807, 2.05) is 12.3 Å². The fourth-order valence-corrected chi connectivity index (χ4v) is 3.32. The van der Waals surface area contributed by atoms with Crippen molar-refractivity contribution in [3.63, 3.8) is 0 Å². The molecule has 2 N–H and O–H groups in total. The summed E-state index contributed by atoms with van der Waals surface area (Å²) in [6.45, 7) is 5.54. The number of nitrogens with zero attached hydrogens (tertiary/aromatic N) is 1. The maximum absolute atomic E-state index is 11.4. The van der Waals surface area contributed by atoms with E-state index in [0.717, 1.165) is 31.7 Å². The monoisotopic (exact) mass is 263 g/mol. The molecule has 0 bridgehead atoms. The van der Waals surface area contributed by atoms with Gasteiger partial charge in [-0.25, -0.2) is 4.79 Å². The Bertz CT molecular complexity index is 463. The third-order valence-corrected chi connectivity index (χ3v) is 4.40. The van der Waals surface area contributed by atoms with Crippen LogP contribution < -0.4 is 5.32 Å². The van der Waals surface area contributed by atoms with E-state index in [9.17, 15) is 4.79 Å². The van der Waals surface area contributed by atoms with Gasteiger partial charge >= 0.3 is 5.97 Å². The van der Waals surface area contributed by atoms with Gasteiger partial charge in [0.2, 0.25) is 0 Å². The highest BCUT2D eigenvalue weighted by atomic mass is 16.5. The number of carbonyl (C=O) groups excluding carboxylic acids is 1. The highest BCUT2D eigenvalue weighted by Crippen LogP contribution is 2.36. The molecule has 5 heteroatoms. The molecule has 1 aromatic rings. The van der Waals surface area contributed by atoms with E-state index in [-0.39, 0.29) is 5.97 Å². The number of nitrogens with one attached hydrogen (secondary N) is 2. The average Bonchev–Trinajstić information content (AvgIpc) is 3.13. The highest BCUT2D eigenvalue weighted by molar-refractivity contribution is 5.87. The van der Waals surface area contributed by atoms with E-state index < -0.39 is 0 Å². The Kier molecular flexibility index (Phi) is 3.33. The quantitative estimate of drug-likeness (QED) is 0.798. The van der Waals surface area contributed by atoms with Crippen molar-refractivity contribution in [1.82, 2.24) is 15.2 Å². The van der Waals surface area contributed by atoms with Crippen LogP contribution in [0.15, 0.2) is 12.3 Å². The summed E-state index contributed by atoms with van der Waals surface area (Å²) in [5.41, 5.74) is 2.19. The van der Waals surface area contributed by atoms with Crippen molar-refractivity contribution in [3.05, 3.63) is 23.5 Å². The lowest BCUT2D eigenvalue weighted by atomic mass is 9.87. The first-order valence-corrected chi connectivity index (χ1v) is 6.89. The number of hydrogen-bond donors (Lipinski definition) is 2. The van der Waals surface area contributed by atoms with Crippen LogP contribution in [0.3, 0.4) is 0 Å². The molecule has 2 aliphatic heterocycles. The van der Waals surface area contributed by atoms with Crippen molar-refractivity contribution >= 4 is 5.97 Å². The van der Waals surface area contributed by atoms with Gasteiger partial charge in [0, 0.05) is 25.8 Å². The molecule has 3 rings (SSSR count). The topological polar surface area (TPSA) is 57.4 Å². The van der Waals surface area contributed by atoms with E-state index in [0.29, 0.717) is 11.1 Å². The van der Waals surface area contributed by atoms with Crippen LogP contribution in [0.1, 0.15) is 28.9 Å². The molecular weight excluding hydrogens is 242 g/mol. The summed E-state index contributed by atoms with van der Waals surface area (Å²) in [5.74, 6) is -0.302. The van der Waals surface area contributed by atoms with Crippen LogP contribution in [0.25, 0.3) is 0 Å². The lowest BCUT2D eigenvalue weighted by Crippen LogP contribution is -2.28. The van der Waals surface area contributed by atoms with Crippen LogP contribution in [0.5, 0.6) is 0 Å².